The van der Waals surface area contributed by atoms with Crippen molar-refractivity contribution < 1.29 is 14.7 Å². The van der Waals surface area contributed by atoms with Crippen LogP contribution in [0.2, 0.25) is 0 Å². The molecule has 0 rings (SSSR count). The molecule has 0 aliphatic heterocycles. The van der Waals surface area contributed by atoms with Crippen molar-refractivity contribution in [3.8, 4) is 0 Å². The first-order valence-corrected chi connectivity index (χ1v) is 2.67. The quantitative estimate of drug-likeness (QED) is 0.206. The first-order chi connectivity index (χ1) is 4.70. The maximum Gasteiger partial charge on any atom is 0.330 e. The summed E-state index contributed by atoms with van der Waals surface area (Å²) in [5.41, 5.74) is 0.343. The second kappa shape index (κ2) is 4.55. The van der Waals surface area contributed by atoms with E-state index in [9.17, 15) is 4.79 Å². The van der Waals surface area contributed by atoms with Gasteiger partial charge in [-0.1, -0.05) is 11.7 Å². The van der Waals surface area contributed by atoms with Crippen molar-refractivity contribution in [1.29, 1.82) is 0 Å². The number of oxime groups is 1. The molecule has 0 bridgehead atoms. The molecule has 4 heteroatoms. The SMILES string of the molecule is C=CC(=O)OC/C(C)=N/O. The number of carbonyl (C=O) groups excluding carboxylic acids is 1. The van der Waals surface area contributed by atoms with Crippen LogP contribution < -0.4 is 0 Å². The molecule has 4 nitrogen and oxygen atoms in total. The number of nitrogens with zero attached hydrogens (tertiary/aromatic N) is 1. The molecular formula is C6H9NO3. The van der Waals surface area contributed by atoms with Gasteiger partial charge in [-0.3, -0.25) is 0 Å². The van der Waals surface area contributed by atoms with Gasteiger partial charge in [-0.25, -0.2) is 4.79 Å². The normalized spacial score (nSPS) is 10.7. The Morgan fingerprint density at radius 2 is 2.50 bits per heavy atom. The first-order valence-electron chi connectivity index (χ1n) is 2.67. The Labute approximate surface area is 58.8 Å². The molecule has 10 heavy (non-hydrogen) atoms. The van der Waals surface area contributed by atoms with Crippen LogP contribution in [0.5, 0.6) is 0 Å². The number of hydrogen-bond acceptors (Lipinski definition) is 4. The van der Waals surface area contributed by atoms with Gasteiger partial charge in [0.2, 0.25) is 0 Å². The van der Waals surface area contributed by atoms with Crippen molar-refractivity contribution in [2.24, 2.45) is 5.16 Å². The van der Waals surface area contributed by atoms with Crippen LogP contribution in [0.1, 0.15) is 6.92 Å². The summed E-state index contributed by atoms with van der Waals surface area (Å²) in [6, 6.07) is 0. The molecule has 0 aromatic carbocycles. The van der Waals surface area contributed by atoms with Crippen LogP contribution in [-0.4, -0.2) is 23.5 Å². The Kier molecular flexibility index (Phi) is 3.95. The molecule has 0 unspecified atom stereocenters. The summed E-state index contributed by atoms with van der Waals surface area (Å²) in [4.78, 5) is 10.4. The van der Waals surface area contributed by atoms with Crippen LogP contribution in [-0.2, 0) is 9.53 Å². The Hall–Kier alpha value is -1.32. The fourth-order valence-electron chi connectivity index (χ4n) is 0.263. The van der Waals surface area contributed by atoms with Gasteiger partial charge in [-0.15, -0.1) is 0 Å². The zero-order valence-corrected chi connectivity index (χ0v) is 5.70. The maximum atomic E-state index is 10.4. The molecule has 0 fully saturated rings. The summed E-state index contributed by atoms with van der Waals surface area (Å²) in [5, 5.41) is 10.9. The molecule has 0 saturated heterocycles. The second-order valence-electron chi connectivity index (χ2n) is 1.65. The van der Waals surface area contributed by atoms with E-state index in [0.29, 0.717) is 5.71 Å². The molecule has 0 saturated carbocycles. The third-order valence-corrected chi connectivity index (χ3v) is 0.761. The van der Waals surface area contributed by atoms with Crippen LogP contribution in [0.3, 0.4) is 0 Å². The summed E-state index contributed by atoms with van der Waals surface area (Å²) in [7, 11) is 0. The van der Waals surface area contributed by atoms with Gasteiger partial charge in [0, 0.05) is 6.08 Å². The van der Waals surface area contributed by atoms with Gasteiger partial charge >= 0.3 is 5.97 Å². The molecule has 56 valence electrons. The summed E-state index contributed by atoms with van der Waals surface area (Å²) in [6.07, 6.45) is 1.05. The van der Waals surface area contributed by atoms with E-state index in [2.05, 4.69) is 16.5 Å². The van der Waals surface area contributed by atoms with Gasteiger partial charge in [0.15, 0.2) is 0 Å². The van der Waals surface area contributed by atoms with E-state index in [4.69, 9.17) is 5.21 Å². The van der Waals surface area contributed by atoms with Gasteiger partial charge in [-0.2, -0.15) is 0 Å². The third-order valence-electron chi connectivity index (χ3n) is 0.761. The number of hydrogen-bond donors (Lipinski definition) is 1. The Balaban J connectivity index is 3.55. The molecule has 0 spiro atoms. The molecule has 0 aliphatic rings. The van der Waals surface area contributed by atoms with Gasteiger partial charge in [0.05, 0.1) is 5.71 Å². The van der Waals surface area contributed by atoms with Crippen molar-refractivity contribution >= 4 is 11.7 Å². The van der Waals surface area contributed by atoms with Crippen LogP contribution >= 0.6 is 0 Å². The predicted octanol–water partition coefficient (Wildman–Crippen LogP) is 0.566. The van der Waals surface area contributed by atoms with Crippen molar-refractivity contribution in [2.45, 2.75) is 6.92 Å². The largest absolute Gasteiger partial charge is 0.456 e. The minimum absolute atomic E-state index is 0.00134. The molecule has 1 N–H and O–H groups in total. The fourth-order valence-corrected chi connectivity index (χ4v) is 0.263. The molecule has 0 aromatic rings. The predicted molar refractivity (Wildman–Crippen MR) is 36.1 cm³/mol. The molecule has 0 aromatic heterocycles. The van der Waals surface area contributed by atoms with Crippen LogP contribution in [0, 0.1) is 0 Å². The Morgan fingerprint density at radius 1 is 1.90 bits per heavy atom. The number of esters is 1. The van der Waals surface area contributed by atoms with Crippen molar-refractivity contribution in [3.05, 3.63) is 12.7 Å². The highest BCUT2D eigenvalue weighted by atomic mass is 16.5. The van der Waals surface area contributed by atoms with E-state index in [1.807, 2.05) is 0 Å². The van der Waals surface area contributed by atoms with E-state index in [-0.39, 0.29) is 6.61 Å². The summed E-state index contributed by atoms with van der Waals surface area (Å²) >= 11 is 0. The maximum absolute atomic E-state index is 10.4. The molecule has 0 aliphatic carbocycles. The van der Waals surface area contributed by atoms with Crippen molar-refractivity contribution in [1.82, 2.24) is 0 Å². The monoisotopic (exact) mass is 143 g/mol. The summed E-state index contributed by atoms with van der Waals surface area (Å²) in [6.45, 7) is 4.73. The zero-order chi connectivity index (χ0) is 7.98. The van der Waals surface area contributed by atoms with Crippen LogP contribution in [0.15, 0.2) is 17.8 Å². The lowest BCUT2D eigenvalue weighted by atomic mass is 10.5. The highest BCUT2D eigenvalue weighted by Crippen LogP contribution is 1.81. The van der Waals surface area contributed by atoms with Gasteiger partial charge in [-0.05, 0) is 6.92 Å². The second-order valence-corrected chi connectivity index (χ2v) is 1.65. The van der Waals surface area contributed by atoms with Gasteiger partial charge < -0.3 is 9.94 Å². The van der Waals surface area contributed by atoms with E-state index in [0.717, 1.165) is 6.08 Å². The highest BCUT2D eigenvalue weighted by molar-refractivity contribution is 5.87. The minimum atomic E-state index is -0.525. The van der Waals surface area contributed by atoms with E-state index in [1.54, 1.807) is 0 Å². The Bertz CT molecular complexity index is 160. The van der Waals surface area contributed by atoms with Crippen LogP contribution in [0.4, 0.5) is 0 Å². The smallest absolute Gasteiger partial charge is 0.330 e. The molecule has 0 amide bonds. The summed E-state index contributed by atoms with van der Waals surface area (Å²) < 4.78 is 4.50. The lowest BCUT2D eigenvalue weighted by Gasteiger charge is -1.97. The molecule has 0 heterocycles. The fraction of sp³-hybridized carbons (Fsp3) is 0.333. The number of carbonyl (C=O) groups is 1. The minimum Gasteiger partial charge on any atom is -0.456 e. The Morgan fingerprint density at radius 3 is 2.90 bits per heavy atom. The highest BCUT2D eigenvalue weighted by Gasteiger charge is 1.96. The third kappa shape index (κ3) is 3.65. The topological polar surface area (TPSA) is 58.9 Å². The van der Waals surface area contributed by atoms with E-state index in [1.165, 1.54) is 6.92 Å². The molecular weight excluding hydrogens is 134 g/mol. The summed E-state index contributed by atoms with van der Waals surface area (Å²) in [5.74, 6) is -0.525. The van der Waals surface area contributed by atoms with Gasteiger partial charge in [0.1, 0.15) is 6.61 Å². The lowest BCUT2D eigenvalue weighted by molar-refractivity contribution is -0.136. The van der Waals surface area contributed by atoms with Crippen molar-refractivity contribution in [2.75, 3.05) is 6.61 Å². The van der Waals surface area contributed by atoms with E-state index >= 15 is 0 Å². The number of rotatable bonds is 3. The first kappa shape index (κ1) is 8.68. The lowest BCUT2D eigenvalue weighted by Crippen LogP contribution is -2.08. The molecule has 0 atom stereocenters. The van der Waals surface area contributed by atoms with Crippen LogP contribution in [0.25, 0.3) is 0 Å². The zero-order valence-electron chi connectivity index (χ0n) is 5.70. The van der Waals surface area contributed by atoms with Crippen molar-refractivity contribution in [3.63, 3.8) is 0 Å². The average Bonchev–Trinajstić information content (AvgIpc) is 1.99. The average molecular weight is 143 g/mol. The standard InChI is InChI=1S/C6H9NO3/c1-3-6(8)10-4-5(2)7-9/h3,9H,1,4H2,2H3/b7-5+. The van der Waals surface area contributed by atoms with E-state index < -0.39 is 5.97 Å². The van der Waals surface area contributed by atoms with Gasteiger partial charge in [0.25, 0.3) is 0 Å². The number of ether oxygens (including phenoxy) is 1. The molecule has 0 radical (unpaired) electrons.